The van der Waals surface area contributed by atoms with Crippen LogP contribution >= 0.6 is 0 Å². The number of rotatable bonds is 9. The van der Waals surface area contributed by atoms with Crippen LogP contribution < -0.4 is 4.74 Å². The largest absolute Gasteiger partial charge is 0.491 e. The number of carbonyl (C=O) groups excluding carboxylic acids is 1. The van der Waals surface area contributed by atoms with Crippen LogP contribution in [0.25, 0.3) is 0 Å². The van der Waals surface area contributed by atoms with Gasteiger partial charge in [-0.15, -0.1) is 0 Å². The Balaban J connectivity index is 2.12. The summed E-state index contributed by atoms with van der Waals surface area (Å²) in [6.07, 6.45) is 0.214. The second-order valence-electron chi connectivity index (χ2n) is 3.77. The number of nitro groups is 1. The smallest absolute Gasteiger partial charge is 0.308 e. The number of nitro benzene ring substituents is 1. The molecule has 0 aliphatic carbocycles. The maximum Gasteiger partial charge on any atom is 0.308 e. The second-order valence-corrected chi connectivity index (χ2v) is 3.77. The molecule has 0 aliphatic heterocycles. The first-order chi connectivity index (χ1) is 9.63. The lowest BCUT2D eigenvalue weighted by Crippen LogP contribution is -2.11. The van der Waals surface area contributed by atoms with E-state index >= 15 is 0 Å². The topological polar surface area (TPSA) is 87.9 Å². The van der Waals surface area contributed by atoms with Gasteiger partial charge in [-0.05, 0) is 19.1 Å². The van der Waals surface area contributed by atoms with Gasteiger partial charge in [-0.25, -0.2) is 0 Å². The van der Waals surface area contributed by atoms with Crippen molar-refractivity contribution in [3.8, 4) is 5.75 Å². The van der Waals surface area contributed by atoms with Crippen molar-refractivity contribution in [2.24, 2.45) is 0 Å². The SMILES string of the molecule is CCOC(=O)CCOCCOc1ccc([N+](=O)[O-])cc1. The van der Waals surface area contributed by atoms with Crippen LogP contribution in [0.1, 0.15) is 13.3 Å². The molecule has 7 heteroatoms. The maximum atomic E-state index is 11.0. The number of carbonyl (C=O) groups is 1. The molecular weight excluding hydrogens is 266 g/mol. The van der Waals surface area contributed by atoms with Crippen LogP contribution in [-0.2, 0) is 14.3 Å². The summed E-state index contributed by atoms with van der Waals surface area (Å²) in [4.78, 5) is 21.0. The highest BCUT2D eigenvalue weighted by Crippen LogP contribution is 2.16. The Kier molecular flexibility index (Phi) is 7.05. The maximum absolute atomic E-state index is 11.0. The first kappa shape index (κ1) is 15.9. The van der Waals surface area contributed by atoms with Crippen LogP contribution in [0.4, 0.5) is 5.69 Å². The number of non-ortho nitro benzene ring substituents is 1. The molecule has 0 atom stereocenters. The van der Waals surface area contributed by atoms with Crippen molar-refractivity contribution in [3.63, 3.8) is 0 Å². The number of esters is 1. The number of hydrogen-bond donors (Lipinski definition) is 0. The summed E-state index contributed by atoms with van der Waals surface area (Å²) in [5.74, 6) is 0.244. The second kappa shape index (κ2) is 8.87. The van der Waals surface area contributed by atoms with Gasteiger partial charge in [0, 0.05) is 12.1 Å². The van der Waals surface area contributed by atoms with Crippen LogP contribution in [0, 0.1) is 10.1 Å². The van der Waals surface area contributed by atoms with Crippen molar-refractivity contribution in [1.82, 2.24) is 0 Å². The standard InChI is InChI=1S/C13H17NO6/c1-2-19-13(15)7-8-18-9-10-20-12-5-3-11(4-6-12)14(16)17/h3-6H,2,7-10H2,1H3. The van der Waals surface area contributed by atoms with E-state index in [1.807, 2.05) is 0 Å². The Morgan fingerprint density at radius 1 is 1.20 bits per heavy atom. The van der Waals surface area contributed by atoms with E-state index in [0.717, 1.165) is 0 Å². The van der Waals surface area contributed by atoms with Gasteiger partial charge in [0.2, 0.25) is 0 Å². The summed E-state index contributed by atoms with van der Waals surface area (Å²) in [6, 6.07) is 5.79. The van der Waals surface area contributed by atoms with Crippen molar-refractivity contribution in [2.45, 2.75) is 13.3 Å². The Bertz CT molecular complexity index is 431. The molecule has 0 radical (unpaired) electrons. The van der Waals surface area contributed by atoms with Gasteiger partial charge in [-0.3, -0.25) is 14.9 Å². The quantitative estimate of drug-likeness (QED) is 0.298. The van der Waals surface area contributed by atoms with Crippen molar-refractivity contribution < 1.29 is 23.9 Å². The van der Waals surface area contributed by atoms with E-state index in [0.29, 0.717) is 25.6 Å². The summed E-state index contributed by atoms with van der Waals surface area (Å²) in [5, 5.41) is 10.5. The van der Waals surface area contributed by atoms with Gasteiger partial charge in [-0.2, -0.15) is 0 Å². The van der Waals surface area contributed by atoms with Gasteiger partial charge in [0.05, 0.1) is 31.2 Å². The number of nitrogens with zero attached hydrogens (tertiary/aromatic N) is 1. The predicted molar refractivity (Wildman–Crippen MR) is 70.7 cm³/mol. The lowest BCUT2D eigenvalue weighted by Gasteiger charge is -2.07. The molecular formula is C13H17NO6. The Hall–Kier alpha value is -2.15. The lowest BCUT2D eigenvalue weighted by atomic mass is 10.3. The van der Waals surface area contributed by atoms with Gasteiger partial charge in [0.1, 0.15) is 12.4 Å². The Morgan fingerprint density at radius 3 is 2.50 bits per heavy atom. The number of ether oxygens (including phenoxy) is 3. The number of hydrogen-bond acceptors (Lipinski definition) is 6. The monoisotopic (exact) mass is 283 g/mol. The fourth-order valence-electron chi connectivity index (χ4n) is 1.37. The normalized spacial score (nSPS) is 10.1. The van der Waals surface area contributed by atoms with Gasteiger partial charge in [0.15, 0.2) is 0 Å². The van der Waals surface area contributed by atoms with E-state index in [1.54, 1.807) is 6.92 Å². The molecule has 0 N–H and O–H groups in total. The summed E-state index contributed by atoms with van der Waals surface area (Å²) in [5.41, 5.74) is 0.0167. The van der Waals surface area contributed by atoms with Crippen LogP contribution in [0.3, 0.4) is 0 Å². The Morgan fingerprint density at radius 2 is 1.90 bits per heavy atom. The molecule has 0 saturated carbocycles. The predicted octanol–water partition coefficient (Wildman–Crippen LogP) is 1.94. The first-order valence-electron chi connectivity index (χ1n) is 6.24. The summed E-state index contributed by atoms with van der Waals surface area (Å²) < 4.78 is 15.3. The molecule has 20 heavy (non-hydrogen) atoms. The van der Waals surface area contributed by atoms with Crippen LogP contribution in [0.15, 0.2) is 24.3 Å². The minimum atomic E-state index is -0.470. The molecule has 0 amide bonds. The fourth-order valence-corrected chi connectivity index (χ4v) is 1.37. The highest BCUT2D eigenvalue weighted by Gasteiger charge is 2.04. The molecule has 0 spiro atoms. The van der Waals surface area contributed by atoms with E-state index in [2.05, 4.69) is 0 Å². The summed E-state index contributed by atoms with van der Waals surface area (Å²) in [6.45, 7) is 3.03. The number of benzene rings is 1. The third-order valence-corrected chi connectivity index (χ3v) is 2.30. The van der Waals surface area contributed by atoms with Gasteiger partial charge >= 0.3 is 5.97 Å². The molecule has 1 aromatic rings. The molecule has 0 aromatic heterocycles. The van der Waals surface area contributed by atoms with Crippen LogP contribution in [0.5, 0.6) is 5.75 Å². The zero-order valence-corrected chi connectivity index (χ0v) is 11.2. The van der Waals surface area contributed by atoms with E-state index in [9.17, 15) is 14.9 Å². The Labute approximate surface area is 116 Å². The molecule has 0 aliphatic rings. The minimum absolute atomic E-state index is 0.0167. The molecule has 0 unspecified atom stereocenters. The highest BCUT2D eigenvalue weighted by molar-refractivity contribution is 5.69. The van der Waals surface area contributed by atoms with E-state index in [4.69, 9.17) is 14.2 Å². The fraction of sp³-hybridized carbons (Fsp3) is 0.462. The van der Waals surface area contributed by atoms with E-state index < -0.39 is 4.92 Å². The molecule has 1 aromatic carbocycles. The highest BCUT2D eigenvalue weighted by atomic mass is 16.6. The minimum Gasteiger partial charge on any atom is -0.491 e. The molecule has 0 heterocycles. The molecule has 1 rings (SSSR count). The van der Waals surface area contributed by atoms with E-state index in [1.165, 1.54) is 24.3 Å². The van der Waals surface area contributed by atoms with Crippen LogP contribution in [0.2, 0.25) is 0 Å². The molecule has 0 saturated heterocycles. The van der Waals surface area contributed by atoms with Crippen molar-refractivity contribution in [3.05, 3.63) is 34.4 Å². The molecule has 110 valence electrons. The van der Waals surface area contributed by atoms with E-state index in [-0.39, 0.29) is 24.7 Å². The van der Waals surface area contributed by atoms with Gasteiger partial charge < -0.3 is 14.2 Å². The average molecular weight is 283 g/mol. The van der Waals surface area contributed by atoms with Gasteiger partial charge in [-0.1, -0.05) is 0 Å². The zero-order chi connectivity index (χ0) is 14.8. The van der Waals surface area contributed by atoms with Crippen molar-refractivity contribution in [1.29, 1.82) is 0 Å². The van der Waals surface area contributed by atoms with Crippen molar-refractivity contribution >= 4 is 11.7 Å². The van der Waals surface area contributed by atoms with Crippen LogP contribution in [-0.4, -0.2) is 37.3 Å². The van der Waals surface area contributed by atoms with Gasteiger partial charge in [0.25, 0.3) is 5.69 Å². The first-order valence-corrected chi connectivity index (χ1v) is 6.24. The van der Waals surface area contributed by atoms with Crippen molar-refractivity contribution in [2.75, 3.05) is 26.4 Å². The third kappa shape index (κ3) is 6.14. The summed E-state index contributed by atoms with van der Waals surface area (Å²) in [7, 11) is 0. The zero-order valence-electron chi connectivity index (χ0n) is 11.2. The molecule has 7 nitrogen and oxygen atoms in total. The summed E-state index contributed by atoms with van der Waals surface area (Å²) >= 11 is 0. The lowest BCUT2D eigenvalue weighted by molar-refractivity contribution is -0.384. The molecule has 0 fully saturated rings. The average Bonchev–Trinajstić information content (AvgIpc) is 2.43. The third-order valence-electron chi connectivity index (χ3n) is 2.30. The molecule has 0 bridgehead atoms.